The molecule has 1 heterocycles. The molecule has 2 saturated carbocycles. The molecule has 7 heteroatoms. The molecule has 0 aromatic carbocycles. The Morgan fingerprint density at radius 2 is 1.60 bits per heavy atom. The van der Waals surface area contributed by atoms with Crippen molar-refractivity contribution in [1.82, 2.24) is 5.32 Å². The highest BCUT2D eigenvalue weighted by atomic mass is 32.1. The van der Waals surface area contributed by atoms with Gasteiger partial charge < -0.3 is 15.7 Å². The summed E-state index contributed by atoms with van der Waals surface area (Å²) in [4.78, 5) is 39.2. The molecule has 2 fully saturated rings. The van der Waals surface area contributed by atoms with E-state index in [-0.39, 0.29) is 29.7 Å². The van der Waals surface area contributed by atoms with E-state index in [1.165, 1.54) is 17.8 Å². The standard InChI is InChI=1S/C23H30N2O4S/c1-12-13(2)30-22(17(12)20(26)24-16-6-4-3-5-7-16)25-21(27)18-14-8-10-15(11-9-14)19(18)23(28)29/h8,10,14-16,18-19H,3-7,9,11H2,1-2H3,(H,24,26)(H,25,27)(H,28,29)/t14-,15-,18+,19+/m0/s1. The third-order valence-electron chi connectivity index (χ3n) is 7.13. The first-order valence-corrected chi connectivity index (χ1v) is 11.8. The van der Waals surface area contributed by atoms with Gasteiger partial charge in [0.15, 0.2) is 0 Å². The highest BCUT2D eigenvalue weighted by Gasteiger charge is 2.48. The van der Waals surface area contributed by atoms with Gasteiger partial charge in [0.05, 0.1) is 17.4 Å². The van der Waals surface area contributed by atoms with Gasteiger partial charge in [0, 0.05) is 10.9 Å². The number of carboxylic acids is 1. The molecule has 0 aliphatic heterocycles. The number of hydrogen-bond acceptors (Lipinski definition) is 4. The normalized spacial score (nSPS) is 28.3. The predicted molar refractivity (Wildman–Crippen MR) is 117 cm³/mol. The monoisotopic (exact) mass is 430 g/mol. The maximum Gasteiger partial charge on any atom is 0.307 e. The fourth-order valence-corrected chi connectivity index (χ4v) is 6.44. The predicted octanol–water partition coefficient (Wildman–Crippen LogP) is 4.28. The van der Waals surface area contributed by atoms with E-state index in [1.54, 1.807) is 0 Å². The Labute approximate surface area is 181 Å². The van der Waals surface area contributed by atoms with Gasteiger partial charge in [-0.1, -0.05) is 31.4 Å². The Bertz CT molecular complexity index is 884. The van der Waals surface area contributed by atoms with Crippen LogP contribution in [0.15, 0.2) is 12.2 Å². The van der Waals surface area contributed by atoms with Gasteiger partial charge in [0.1, 0.15) is 5.00 Å². The van der Waals surface area contributed by atoms with Gasteiger partial charge in [-0.05, 0) is 56.9 Å². The molecule has 3 N–H and O–H groups in total. The minimum Gasteiger partial charge on any atom is -0.481 e. The van der Waals surface area contributed by atoms with E-state index in [9.17, 15) is 19.5 Å². The number of carbonyl (C=O) groups is 3. The molecule has 0 radical (unpaired) electrons. The summed E-state index contributed by atoms with van der Waals surface area (Å²) in [5.74, 6) is -2.78. The minimum atomic E-state index is -0.914. The van der Waals surface area contributed by atoms with Gasteiger partial charge >= 0.3 is 5.97 Å². The number of hydrogen-bond donors (Lipinski definition) is 3. The third-order valence-corrected chi connectivity index (χ3v) is 8.25. The topological polar surface area (TPSA) is 95.5 Å². The van der Waals surface area contributed by atoms with Crippen LogP contribution in [-0.2, 0) is 9.59 Å². The van der Waals surface area contributed by atoms with Crippen LogP contribution >= 0.6 is 11.3 Å². The van der Waals surface area contributed by atoms with Crippen LogP contribution in [0.25, 0.3) is 0 Å². The van der Waals surface area contributed by atoms with Crippen molar-refractivity contribution in [2.24, 2.45) is 23.7 Å². The second-order valence-corrected chi connectivity index (χ2v) is 10.2. The number of fused-ring (bicyclic) bond motifs is 2. The number of rotatable bonds is 5. The Kier molecular flexibility index (Phi) is 6.00. The number of carbonyl (C=O) groups excluding carboxylic acids is 2. The lowest BCUT2D eigenvalue weighted by molar-refractivity contribution is -0.151. The highest BCUT2D eigenvalue weighted by molar-refractivity contribution is 7.16. The number of thiophene rings is 1. The lowest BCUT2D eigenvalue weighted by Crippen LogP contribution is -2.47. The lowest BCUT2D eigenvalue weighted by Gasteiger charge is -2.41. The summed E-state index contributed by atoms with van der Waals surface area (Å²) in [5.41, 5.74) is 1.41. The quantitative estimate of drug-likeness (QED) is 0.608. The van der Waals surface area contributed by atoms with Crippen LogP contribution < -0.4 is 10.6 Å². The summed E-state index contributed by atoms with van der Waals surface area (Å²) in [6.45, 7) is 3.85. The molecule has 4 atom stereocenters. The maximum absolute atomic E-state index is 13.2. The summed E-state index contributed by atoms with van der Waals surface area (Å²) in [5, 5.41) is 16.4. The Balaban J connectivity index is 1.55. The first-order valence-electron chi connectivity index (χ1n) is 11.0. The van der Waals surface area contributed by atoms with E-state index in [1.807, 2.05) is 26.0 Å². The average Bonchev–Trinajstić information content (AvgIpc) is 3.01. The highest BCUT2D eigenvalue weighted by Crippen LogP contribution is 2.46. The number of aryl methyl sites for hydroxylation is 1. The molecule has 4 aliphatic carbocycles. The van der Waals surface area contributed by atoms with Crippen molar-refractivity contribution in [3.63, 3.8) is 0 Å². The van der Waals surface area contributed by atoms with E-state index in [0.717, 1.165) is 49.0 Å². The zero-order chi connectivity index (χ0) is 21.4. The van der Waals surface area contributed by atoms with Crippen LogP contribution in [0.3, 0.4) is 0 Å². The summed E-state index contributed by atoms with van der Waals surface area (Å²) >= 11 is 1.40. The van der Waals surface area contributed by atoms with Gasteiger partial charge in [0.2, 0.25) is 5.91 Å². The summed E-state index contributed by atoms with van der Waals surface area (Å²) in [7, 11) is 0. The summed E-state index contributed by atoms with van der Waals surface area (Å²) in [6.07, 6.45) is 11.1. The molecule has 1 aromatic rings. The Hall–Kier alpha value is -2.15. The molecular formula is C23H30N2O4S. The Morgan fingerprint density at radius 3 is 2.20 bits per heavy atom. The van der Waals surface area contributed by atoms with Crippen LogP contribution in [0.5, 0.6) is 0 Å². The van der Waals surface area contributed by atoms with Gasteiger partial charge in [-0.2, -0.15) is 0 Å². The molecule has 6 nitrogen and oxygen atoms in total. The largest absolute Gasteiger partial charge is 0.481 e. The van der Waals surface area contributed by atoms with Crippen molar-refractivity contribution < 1.29 is 19.5 Å². The van der Waals surface area contributed by atoms with Crippen LogP contribution in [0.4, 0.5) is 5.00 Å². The zero-order valence-corrected chi connectivity index (χ0v) is 18.4. The molecular weight excluding hydrogens is 400 g/mol. The van der Waals surface area contributed by atoms with Gasteiger partial charge in [0.25, 0.3) is 5.91 Å². The molecule has 0 unspecified atom stereocenters. The van der Waals surface area contributed by atoms with E-state index in [4.69, 9.17) is 0 Å². The molecule has 5 rings (SSSR count). The van der Waals surface area contributed by atoms with Gasteiger partial charge in [-0.3, -0.25) is 14.4 Å². The fourth-order valence-electron chi connectivity index (χ4n) is 5.38. The van der Waals surface area contributed by atoms with E-state index < -0.39 is 17.8 Å². The number of allylic oxidation sites excluding steroid dienone is 2. The lowest BCUT2D eigenvalue weighted by atomic mass is 9.62. The molecule has 0 spiro atoms. The number of anilines is 1. The van der Waals surface area contributed by atoms with Crippen molar-refractivity contribution in [3.05, 3.63) is 28.2 Å². The number of nitrogens with one attached hydrogen (secondary N) is 2. The smallest absolute Gasteiger partial charge is 0.307 e. The molecule has 30 heavy (non-hydrogen) atoms. The molecule has 4 aliphatic rings. The zero-order valence-electron chi connectivity index (χ0n) is 17.6. The van der Waals surface area contributed by atoms with Crippen molar-refractivity contribution in [2.75, 3.05) is 5.32 Å². The van der Waals surface area contributed by atoms with E-state index in [2.05, 4.69) is 10.6 Å². The second kappa shape index (κ2) is 8.53. The van der Waals surface area contributed by atoms with E-state index in [0.29, 0.717) is 10.6 Å². The van der Waals surface area contributed by atoms with Crippen molar-refractivity contribution in [1.29, 1.82) is 0 Å². The number of aliphatic carboxylic acids is 1. The molecule has 0 saturated heterocycles. The Morgan fingerprint density at radius 1 is 0.967 bits per heavy atom. The SMILES string of the molecule is Cc1sc(NC(=O)[C@H]2[C@H](C(=O)O)[C@H]3C=C[C@H]2CC3)c(C(=O)NC2CCCCC2)c1C. The van der Waals surface area contributed by atoms with Crippen LogP contribution in [0.2, 0.25) is 0 Å². The fraction of sp³-hybridized carbons (Fsp3) is 0.609. The molecule has 2 bridgehead atoms. The summed E-state index contributed by atoms with van der Waals surface area (Å²) < 4.78 is 0. The number of amides is 2. The van der Waals surface area contributed by atoms with Crippen molar-refractivity contribution in [2.45, 2.75) is 64.8 Å². The van der Waals surface area contributed by atoms with Crippen LogP contribution in [0, 0.1) is 37.5 Å². The van der Waals surface area contributed by atoms with E-state index >= 15 is 0 Å². The van der Waals surface area contributed by atoms with Crippen LogP contribution in [-0.4, -0.2) is 28.9 Å². The van der Waals surface area contributed by atoms with Crippen molar-refractivity contribution in [3.8, 4) is 0 Å². The summed E-state index contributed by atoms with van der Waals surface area (Å²) in [6, 6.07) is 0.185. The average molecular weight is 431 g/mol. The molecule has 162 valence electrons. The first-order chi connectivity index (χ1) is 14.4. The maximum atomic E-state index is 13.2. The van der Waals surface area contributed by atoms with Crippen LogP contribution in [0.1, 0.15) is 65.7 Å². The molecule has 2 amide bonds. The second-order valence-electron chi connectivity index (χ2n) is 8.96. The molecule has 1 aromatic heterocycles. The minimum absolute atomic E-state index is 0.0576. The number of carboxylic acid groups (broad SMARTS) is 1. The van der Waals surface area contributed by atoms with Gasteiger partial charge in [-0.25, -0.2) is 0 Å². The van der Waals surface area contributed by atoms with Crippen molar-refractivity contribution >= 4 is 34.1 Å². The first kappa shape index (κ1) is 21.1. The van der Waals surface area contributed by atoms with Gasteiger partial charge in [-0.15, -0.1) is 11.3 Å². The third kappa shape index (κ3) is 3.92.